The predicted molar refractivity (Wildman–Crippen MR) is 119 cm³/mol. The number of benzene rings is 3. The highest BCUT2D eigenvalue weighted by Crippen LogP contribution is 2.35. The molecule has 0 atom stereocenters. The zero-order valence-electron chi connectivity index (χ0n) is 16.0. The van der Waals surface area contributed by atoms with Crippen LogP contribution in [0.15, 0.2) is 48.5 Å². The Balaban J connectivity index is 1.73. The van der Waals surface area contributed by atoms with Gasteiger partial charge in [-0.3, -0.25) is 0 Å². The highest BCUT2D eigenvalue weighted by Gasteiger charge is 2.12. The highest BCUT2D eigenvalue weighted by molar-refractivity contribution is 6.37. The van der Waals surface area contributed by atoms with Crippen LogP contribution in [-0.2, 0) is 13.2 Å². The second-order valence-electron chi connectivity index (χ2n) is 6.35. The van der Waals surface area contributed by atoms with Gasteiger partial charge in [-0.15, -0.1) is 0 Å². The number of rotatable bonds is 8. The number of aromatic hydroxyl groups is 1. The lowest BCUT2D eigenvalue weighted by molar-refractivity contribution is 0.265. The largest absolute Gasteiger partial charge is 0.505 e. The predicted octanol–water partition coefficient (Wildman–Crippen LogP) is 7.08. The van der Waals surface area contributed by atoms with Crippen LogP contribution in [0, 0.1) is 5.82 Å². The maximum atomic E-state index is 14.0. The molecule has 2 N–H and O–H groups in total. The molecular formula is C22H19Cl3FNO3. The fourth-order valence-electron chi connectivity index (χ4n) is 2.74. The number of hydrogen-bond acceptors (Lipinski definition) is 4. The molecule has 3 aromatic carbocycles. The molecule has 3 rings (SSSR count). The standard InChI is InChI=1S/C22H19Cl3FNO3/c1-2-29-21-8-13(11-27-14-9-17(24)22(28)18(25)10-14)6-7-20(21)30-12-15-16(23)4-3-5-19(15)26/h3-10,27-28H,2,11-12H2,1H3. The molecule has 0 heterocycles. The van der Waals surface area contributed by atoms with Crippen molar-refractivity contribution in [1.82, 2.24) is 0 Å². The van der Waals surface area contributed by atoms with Gasteiger partial charge in [-0.25, -0.2) is 4.39 Å². The zero-order chi connectivity index (χ0) is 21.7. The van der Waals surface area contributed by atoms with E-state index in [2.05, 4.69) is 5.32 Å². The van der Waals surface area contributed by atoms with Gasteiger partial charge in [0.05, 0.1) is 21.7 Å². The summed E-state index contributed by atoms with van der Waals surface area (Å²) < 4.78 is 25.4. The van der Waals surface area contributed by atoms with Crippen molar-refractivity contribution in [3.05, 3.63) is 80.5 Å². The van der Waals surface area contributed by atoms with Crippen molar-refractivity contribution >= 4 is 40.5 Å². The van der Waals surface area contributed by atoms with Gasteiger partial charge in [0, 0.05) is 17.8 Å². The Labute approximate surface area is 189 Å². The molecule has 4 nitrogen and oxygen atoms in total. The van der Waals surface area contributed by atoms with E-state index in [4.69, 9.17) is 44.3 Å². The Morgan fingerprint density at radius 1 is 0.933 bits per heavy atom. The molecule has 158 valence electrons. The first-order chi connectivity index (χ1) is 14.4. The van der Waals surface area contributed by atoms with E-state index in [1.807, 2.05) is 19.1 Å². The lowest BCUT2D eigenvalue weighted by Gasteiger charge is -2.15. The van der Waals surface area contributed by atoms with Crippen molar-refractivity contribution in [2.45, 2.75) is 20.1 Å². The molecule has 0 aromatic heterocycles. The van der Waals surface area contributed by atoms with Gasteiger partial charge >= 0.3 is 0 Å². The van der Waals surface area contributed by atoms with Gasteiger partial charge in [-0.05, 0) is 48.9 Å². The quantitative estimate of drug-likeness (QED) is 0.345. The van der Waals surface area contributed by atoms with E-state index in [1.165, 1.54) is 6.07 Å². The molecule has 0 amide bonds. The van der Waals surface area contributed by atoms with Crippen LogP contribution < -0.4 is 14.8 Å². The molecule has 0 saturated carbocycles. The summed E-state index contributed by atoms with van der Waals surface area (Å²) in [4.78, 5) is 0. The number of nitrogens with one attached hydrogen (secondary N) is 1. The first-order valence-electron chi connectivity index (χ1n) is 9.12. The number of anilines is 1. The van der Waals surface area contributed by atoms with Crippen molar-refractivity contribution in [3.63, 3.8) is 0 Å². The van der Waals surface area contributed by atoms with Crippen molar-refractivity contribution < 1.29 is 19.0 Å². The third-order valence-electron chi connectivity index (χ3n) is 4.26. The Morgan fingerprint density at radius 3 is 2.33 bits per heavy atom. The van der Waals surface area contributed by atoms with Crippen molar-refractivity contribution in [3.8, 4) is 17.2 Å². The second kappa shape index (κ2) is 10.1. The minimum atomic E-state index is -0.424. The molecule has 0 bridgehead atoms. The SMILES string of the molecule is CCOc1cc(CNc2cc(Cl)c(O)c(Cl)c2)ccc1OCc1c(F)cccc1Cl. The summed E-state index contributed by atoms with van der Waals surface area (Å²) in [5.41, 5.74) is 1.86. The zero-order valence-corrected chi connectivity index (χ0v) is 18.3. The Bertz CT molecular complexity index is 1000. The molecule has 8 heteroatoms. The number of hydrogen-bond donors (Lipinski definition) is 2. The number of ether oxygens (including phenoxy) is 2. The summed E-state index contributed by atoms with van der Waals surface area (Å²) in [5.74, 6) is 0.438. The molecular weight excluding hydrogens is 452 g/mol. The van der Waals surface area contributed by atoms with E-state index < -0.39 is 5.82 Å². The Hall–Kier alpha value is -2.34. The van der Waals surface area contributed by atoms with E-state index >= 15 is 0 Å². The minimum absolute atomic E-state index is 0.0202. The summed E-state index contributed by atoms with van der Waals surface area (Å²) in [6.07, 6.45) is 0. The normalized spacial score (nSPS) is 10.7. The fraction of sp³-hybridized carbons (Fsp3) is 0.182. The van der Waals surface area contributed by atoms with Gasteiger partial charge in [0.2, 0.25) is 0 Å². The van der Waals surface area contributed by atoms with Crippen LogP contribution in [0.3, 0.4) is 0 Å². The van der Waals surface area contributed by atoms with Gasteiger partial charge in [-0.2, -0.15) is 0 Å². The molecule has 30 heavy (non-hydrogen) atoms. The topological polar surface area (TPSA) is 50.7 Å². The van der Waals surface area contributed by atoms with E-state index in [1.54, 1.807) is 30.3 Å². The monoisotopic (exact) mass is 469 g/mol. The number of phenols is 1. The van der Waals surface area contributed by atoms with Gasteiger partial charge in [0.25, 0.3) is 0 Å². The molecule has 0 saturated heterocycles. The third-order valence-corrected chi connectivity index (χ3v) is 5.19. The van der Waals surface area contributed by atoms with E-state index in [0.717, 1.165) is 5.56 Å². The summed E-state index contributed by atoms with van der Waals surface area (Å²) >= 11 is 18.0. The number of phenolic OH excluding ortho intramolecular Hbond substituents is 1. The van der Waals surface area contributed by atoms with Crippen LogP contribution in [0.25, 0.3) is 0 Å². The fourth-order valence-corrected chi connectivity index (χ4v) is 3.45. The Kier molecular flexibility index (Phi) is 7.53. The maximum Gasteiger partial charge on any atom is 0.161 e. The lowest BCUT2D eigenvalue weighted by Crippen LogP contribution is -2.04. The Morgan fingerprint density at radius 2 is 1.67 bits per heavy atom. The van der Waals surface area contributed by atoms with Crippen LogP contribution >= 0.6 is 34.8 Å². The van der Waals surface area contributed by atoms with E-state index in [-0.39, 0.29) is 28.0 Å². The van der Waals surface area contributed by atoms with Crippen LogP contribution in [0.4, 0.5) is 10.1 Å². The summed E-state index contributed by atoms with van der Waals surface area (Å²) in [6.45, 7) is 2.74. The smallest absolute Gasteiger partial charge is 0.161 e. The average Bonchev–Trinajstić information content (AvgIpc) is 2.71. The molecule has 0 radical (unpaired) electrons. The van der Waals surface area contributed by atoms with Gasteiger partial charge < -0.3 is 19.9 Å². The highest BCUT2D eigenvalue weighted by atomic mass is 35.5. The molecule has 0 aliphatic heterocycles. The first kappa shape index (κ1) is 22.3. The van der Waals surface area contributed by atoms with E-state index in [0.29, 0.717) is 35.4 Å². The second-order valence-corrected chi connectivity index (χ2v) is 7.57. The number of halogens is 4. The molecule has 0 aliphatic carbocycles. The molecule has 0 unspecified atom stereocenters. The molecule has 0 aliphatic rings. The lowest BCUT2D eigenvalue weighted by atomic mass is 10.2. The molecule has 3 aromatic rings. The maximum absolute atomic E-state index is 14.0. The third kappa shape index (κ3) is 5.42. The van der Waals surface area contributed by atoms with Gasteiger partial charge in [-0.1, -0.05) is 46.9 Å². The van der Waals surface area contributed by atoms with Crippen LogP contribution in [0.5, 0.6) is 17.2 Å². The summed E-state index contributed by atoms with van der Waals surface area (Å²) in [5, 5.41) is 13.5. The minimum Gasteiger partial charge on any atom is -0.505 e. The van der Waals surface area contributed by atoms with Crippen LogP contribution in [0.2, 0.25) is 15.1 Å². The van der Waals surface area contributed by atoms with Gasteiger partial charge in [0.1, 0.15) is 12.4 Å². The van der Waals surface area contributed by atoms with Crippen molar-refractivity contribution in [1.29, 1.82) is 0 Å². The van der Waals surface area contributed by atoms with Crippen LogP contribution in [-0.4, -0.2) is 11.7 Å². The first-order valence-corrected chi connectivity index (χ1v) is 10.3. The van der Waals surface area contributed by atoms with Crippen molar-refractivity contribution in [2.24, 2.45) is 0 Å². The average molecular weight is 471 g/mol. The van der Waals surface area contributed by atoms with Crippen LogP contribution in [0.1, 0.15) is 18.1 Å². The van der Waals surface area contributed by atoms with Gasteiger partial charge in [0.15, 0.2) is 17.2 Å². The molecule has 0 fully saturated rings. The molecule has 0 spiro atoms. The van der Waals surface area contributed by atoms with E-state index in [9.17, 15) is 9.50 Å². The summed E-state index contributed by atoms with van der Waals surface area (Å²) in [7, 11) is 0. The summed E-state index contributed by atoms with van der Waals surface area (Å²) in [6, 6.07) is 13.1. The van der Waals surface area contributed by atoms with Crippen molar-refractivity contribution in [2.75, 3.05) is 11.9 Å².